The second-order valence-corrected chi connectivity index (χ2v) is 10.6. The summed E-state index contributed by atoms with van der Waals surface area (Å²) in [5.41, 5.74) is 7.71. The maximum Gasteiger partial charge on any atom is 0.0994 e. The Balaban J connectivity index is 1.42. The molecule has 3 heteroatoms. The van der Waals surface area contributed by atoms with Crippen LogP contribution in [0.5, 0.6) is 0 Å². The van der Waals surface area contributed by atoms with E-state index in [1.165, 1.54) is 0 Å². The molecule has 0 spiro atoms. The van der Waals surface area contributed by atoms with Crippen LogP contribution < -0.4 is 4.90 Å². The van der Waals surface area contributed by atoms with Gasteiger partial charge < -0.3 is 4.90 Å². The van der Waals surface area contributed by atoms with Gasteiger partial charge >= 0.3 is 0 Å². The molecule has 0 N–H and O–H groups in total. The Morgan fingerprint density at radius 2 is 1.14 bits per heavy atom. The third kappa shape index (κ3) is 3.62. The highest BCUT2D eigenvalue weighted by atomic mass is 15.2. The highest BCUT2D eigenvalue weighted by molar-refractivity contribution is 6.19. The Kier molecular flexibility index (Phi) is 4.21. The monoisotopic (exact) mass is 552 g/mol. The van der Waals surface area contributed by atoms with E-state index in [0.29, 0.717) is 22.3 Å². The Morgan fingerprint density at radius 3 is 2.00 bits per heavy atom. The largest absolute Gasteiger partial charge is 0.308 e. The van der Waals surface area contributed by atoms with E-state index in [2.05, 4.69) is 77.7 Å². The lowest BCUT2D eigenvalue weighted by molar-refractivity contribution is 1.26. The Labute approximate surface area is 256 Å². The minimum absolute atomic E-state index is 0.0148. The van der Waals surface area contributed by atoms with E-state index in [9.17, 15) is 0 Å². The molecule has 0 unspecified atom stereocenters. The zero-order valence-electron chi connectivity index (χ0n) is 27.9. The normalized spacial score (nSPS) is 13.8. The predicted molar refractivity (Wildman–Crippen MR) is 179 cm³/mol. The molecule has 43 heavy (non-hydrogen) atoms. The summed E-state index contributed by atoms with van der Waals surface area (Å²) in [4.78, 5) is 12.4. The standard InChI is InChI=1S/C40H25N3/c1-2-13-28(14-3-1)38-39(42-34-21-8-7-20-33(34)41-38)32-18-6-9-22-35(32)43-36-23-11-16-27-15-10-19-30(37(27)36)31-25-24-26-12-4-5-17-29(26)40(31)43/h1-25H/i1D,2D,3D,13D,14D. The van der Waals surface area contributed by atoms with E-state index >= 15 is 0 Å². The van der Waals surface area contributed by atoms with Gasteiger partial charge in [-0.3, -0.25) is 0 Å². The van der Waals surface area contributed by atoms with E-state index in [-0.39, 0.29) is 23.3 Å². The predicted octanol–water partition coefficient (Wildman–Crippen LogP) is 10.7. The van der Waals surface area contributed by atoms with Gasteiger partial charge in [-0.15, -0.1) is 0 Å². The molecule has 1 aliphatic rings. The fourth-order valence-electron chi connectivity index (χ4n) is 6.42. The molecule has 0 bridgehead atoms. The van der Waals surface area contributed by atoms with Gasteiger partial charge in [0.25, 0.3) is 0 Å². The van der Waals surface area contributed by atoms with Gasteiger partial charge in [-0.05, 0) is 40.6 Å². The molecular weight excluding hydrogens is 522 g/mol. The maximum absolute atomic E-state index is 8.88. The van der Waals surface area contributed by atoms with E-state index in [1.807, 2.05) is 48.5 Å². The SMILES string of the molecule is [2H]c1c([2H])c([2H])c(-c2nc3ccccc3nc2-c2ccccc2N2c3c(ccc4ccccc34)-c3cccc4cccc2c34)c([2H])c1[2H]. The summed E-state index contributed by atoms with van der Waals surface area (Å²) in [7, 11) is 0. The first kappa shape index (κ1) is 19.3. The molecule has 0 saturated heterocycles. The third-order valence-electron chi connectivity index (χ3n) is 8.25. The maximum atomic E-state index is 8.88. The molecule has 200 valence electrons. The molecule has 0 amide bonds. The van der Waals surface area contributed by atoms with Gasteiger partial charge in [-0.25, -0.2) is 9.97 Å². The van der Waals surface area contributed by atoms with Crippen molar-refractivity contribution in [3.05, 3.63) is 152 Å². The molecule has 1 aromatic heterocycles. The number of rotatable bonds is 3. The number of para-hydroxylation sites is 3. The van der Waals surface area contributed by atoms with Crippen LogP contribution in [0.2, 0.25) is 0 Å². The van der Waals surface area contributed by atoms with Crippen LogP contribution in [0, 0.1) is 0 Å². The van der Waals surface area contributed by atoms with Crippen LogP contribution in [0.1, 0.15) is 6.85 Å². The number of nitrogens with zero attached hydrogens (tertiary/aromatic N) is 3. The Morgan fingerprint density at radius 1 is 0.488 bits per heavy atom. The first-order chi connectivity index (χ1) is 23.4. The first-order valence-corrected chi connectivity index (χ1v) is 14.2. The van der Waals surface area contributed by atoms with Crippen molar-refractivity contribution in [1.29, 1.82) is 0 Å². The zero-order chi connectivity index (χ0) is 32.7. The smallest absolute Gasteiger partial charge is 0.0994 e. The van der Waals surface area contributed by atoms with Crippen LogP contribution in [-0.2, 0) is 0 Å². The third-order valence-corrected chi connectivity index (χ3v) is 8.25. The van der Waals surface area contributed by atoms with Crippen LogP contribution in [-0.4, -0.2) is 9.97 Å². The van der Waals surface area contributed by atoms with Crippen molar-refractivity contribution >= 4 is 49.6 Å². The van der Waals surface area contributed by atoms with Crippen LogP contribution in [0.15, 0.2) is 152 Å². The van der Waals surface area contributed by atoms with Crippen molar-refractivity contribution in [3.8, 4) is 33.6 Å². The molecule has 7 aromatic carbocycles. The van der Waals surface area contributed by atoms with Crippen LogP contribution in [0.4, 0.5) is 17.1 Å². The summed E-state index contributed by atoms with van der Waals surface area (Å²) >= 11 is 0. The highest BCUT2D eigenvalue weighted by Gasteiger charge is 2.30. The molecule has 0 saturated carbocycles. The van der Waals surface area contributed by atoms with Gasteiger partial charge in [0.2, 0.25) is 0 Å². The molecule has 0 aliphatic carbocycles. The number of anilines is 3. The lowest BCUT2D eigenvalue weighted by atomic mass is 9.88. The molecule has 0 radical (unpaired) electrons. The summed E-state index contributed by atoms with van der Waals surface area (Å²) in [6, 6.07) is 38.9. The Hall–Kier alpha value is -5.80. The molecular formula is C40H25N3. The summed E-state index contributed by atoms with van der Waals surface area (Å²) in [5, 5.41) is 4.45. The Bertz CT molecular complexity index is 2620. The average Bonchev–Trinajstić information content (AvgIpc) is 3.13. The zero-order valence-corrected chi connectivity index (χ0v) is 22.9. The van der Waals surface area contributed by atoms with Gasteiger partial charge in [-0.1, -0.05) is 127 Å². The number of hydrogen-bond donors (Lipinski definition) is 0. The molecule has 9 rings (SSSR count). The van der Waals surface area contributed by atoms with Crippen LogP contribution >= 0.6 is 0 Å². The molecule has 0 atom stereocenters. The van der Waals surface area contributed by atoms with Crippen molar-refractivity contribution in [3.63, 3.8) is 0 Å². The van der Waals surface area contributed by atoms with E-state index in [1.54, 1.807) is 0 Å². The molecule has 0 fully saturated rings. The molecule has 1 aliphatic heterocycles. The van der Waals surface area contributed by atoms with Crippen molar-refractivity contribution in [2.45, 2.75) is 0 Å². The van der Waals surface area contributed by atoms with Gasteiger partial charge in [0.15, 0.2) is 0 Å². The van der Waals surface area contributed by atoms with Crippen LogP contribution in [0.3, 0.4) is 0 Å². The first-order valence-electron chi connectivity index (χ1n) is 16.7. The summed E-state index contributed by atoms with van der Waals surface area (Å²) in [5.74, 6) is 0. The lowest BCUT2D eigenvalue weighted by Gasteiger charge is -2.35. The number of aromatic nitrogens is 2. The number of benzene rings is 7. The van der Waals surface area contributed by atoms with E-state index in [4.69, 9.17) is 16.8 Å². The summed E-state index contributed by atoms with van der Waals surface area (Å²) in [6.45, 7) is 0. The quantitative estimate of drug-likeness (QED) is 0.218. The molecule has 8 aromatic rings. The van der Waals surface area contributed by atoms with Crippen LogP contribution in [0.25, 0.3) is 66.2 Å². The second-order valence-electron chi connectivity index (χ2n) is 10.6. The fourth-order valence-corrected chi connectivity index (χ4v) is 6.42. The van der Waals surface area contributed by atoms with E-state index in [0.717, 1.165) is 49.7 Å². The van der Waals surface area contributed by atoms with Crippen molar-refractivity contribution in [2.75, 3.05) is 4.90 Å². The number of fused-ring (bicyclic) bond motifs is 5. The van der Waals surface area contributed by atoms with Gasteiger partial charge in [-0.2, -0.15) is 0 Å². The van der Waals surface area contributed by atoms with E-state index < -0.39 is 18.1 Å². The van der Waals surface area contributed by atoms with Crippen molar-refractivity contribution < 1.29 is 6.85 Å². The minimum atomic E-state index is -0.451. The van der Waals surface area contributed by atoms with Crippen molar-refractivity contribution in [1.82, 2.24) is 9.97 Å². The van der Waals surface area contributed by atoms with Gasteiger partial charge in [0, 0.05) is 27.5 Å². The topological polar surface area (TPSA) is 29.0 Å². The second kappa shape index (κ2) is 9.37. The van der Waals surface area contributed by atoms with Crippen molar-refractivity contribution in [2.24, 2.45) is 0 Å². The summed E-state index contributed by atoms with van der Waals surface area (Å²) < 4.78 is 42.9. The lowest BCUT2D eigenvalue weighted by Crippen LogP contribution is -2.16. The van der Waals surface area contributed by atoms with Gasteiger partial charge in [0.05, 0.1) is 46.3 Å². The average molecular weight is 553 g/mol. The molecule has 2 heterocycles. The van der Waals surface area contributed by atoms with Gasteiger partial charge in [0.1, 0.15) is 0 Å². The highest BCUT2D eigenvalue weighted by Crippen LogP contribution is 2.54. The minimum Gasteiger partial charge on any atom is -0.308 e. The molecule has 3 nitrogen and oxygen atoms in total. The number of hydrogen-bond acceptors (Lipinski definition) is 3. The fraction of sp³-hybridized carbons (Fsp3) is 0. The summed E-state index contributed by atoms with van der Waals surface area (Å²) in [6.07, 6.45) is 0.